The Kier molecular flexibility index (Phi) is 6.07. The van der Waals surface area contributed by atoms with Gasteiger partial charge >= 0.3 is 0 Å². The predicted molar refractivity (Wildman–Crippen MR) is 117 cm³/mol. The highest BCUT2D eigenvalue weighted by Gasteiger charge is 2.37. The number of fused-ring (bicyclic) bond motifs is 1. The molecule has 1 amide bonds. The third kappa shape index (κ3) is 3.94. The Morgan fingerprint density at radius 3 is 2.77 bits per heavy atom. The van der Waals surface area contributed by atoms with Gasteiger partial charge in [-0.2, -0.15) is 5.10 Å². The van der Waals surface area contributed by atoms with Crippen LogP contribution in [0.15, 0.2) is 41.6 Å². The third-order valence-corrected chi connectivity index (χ3v) is 6.82. The number of nitrogens with zero attached hydrogens (tertiary/aromatic N) is 2. The zero-order valence-electron chi connectivity index (χ0n) is 18.2. The summed E-state index contributed by atoms with van der Waals surface area (Å²) in [5.74, 6) is 0.800. The van der Waals surface area contributed by atoms with Gasteiger partial charge in [-0.05, 0) is 55.9 Å². The normalized spacial score (nSPS) is 21.3. The maximum absolute atomic E-state index is 13.3. The van der Waals surface area contributed by atoms with Gasteiger partial charge in [-0.1, -0.05) is 38.3 Å². The van der Waals surface area contributed by atoms with Crippen LogP contribution in [0.25, 0.3) is 5.69 Å². The van der Waals surface area contributed by atoms with E-state index in [1.165, 1.54) is 29.8 Å². The first-order chi connectivity index (χ1) is 14.5. The molecule has 0 radical (unpaired) electrons. The summed E-state index contributed by atoms with van der Waals surface area (Å²) in [5.41, 5.74) is 6.55. The van der Waals surface area contributed by atoms with Crippen molar-refractivity contribution in [2.75, 3.05) is 0 Å². The summed E-state index contributed by atoms with van der Waals surface area (Å²) >= 11 is 0. The number of carbonyl (C=O) groups is 1. The van der Waals surface area contributed by atoms with Crippen LogP contribution in [-0.2, 0) is 11.2 Å². The average Bonchev–Trinajstić information content (AvgIpc) is 3.34. The summed E-state index contributed by atoms with van der Waals surface area (Å²) in [4.78, 5) is 12.0. The number of allylic oxidation sites excluding steroid dienone is 2. The molecule has 1 unspecified atom stereocenters. The minimum Gasteiger partial charge on any atom is -0.353 e. The molecule has 4 rings (SSSR count). The molecule has 1 aromatic carbocycles. The fraction of sp³-hybridized carbons (Fsp3) is 0.520. The summed E-state index contributed by atoms with van der Waals surface area (Å²) in [5, 5.41) is 7.90. The van der Waals surface area contributed by atoms with Crippen molar-refractivity contribution < 1.29 is 9.18 Å². The van der Waals surface area contributed by atoms with Crippen molar-refractivity contribution in [1.82, 2.24) is 15.1 Å². The van der Waals surface area contributed by atoms with Gasteiger partial charge in [0.25, 0.3) is 0 Å². The first kappa shape index (κ1) is 20.8. The Hall–Kier alpha value is -2.43. The minimum atomic E-state index is -0.228. The van der Waals surface area contributed by atoms with Crippen LogP contribution in [-0.4, -0.2) is 21.7 Å². The summed E-state index contributed by atoms with van der Waals surface area (Å²) < 4.78 is 15.3. The summed E-state index contributed by atoms with van der Waals surface area (Å²) in [7, 11) is 0. The van der Waals surface area contributed by atoms with Crippen LogP contribution >= 0.6 is 0 Å². The Balaban J connectivity index is 1.56. The van der Waals surface area contributed by atoms with E-state index in [1.54, 1.807) is 23.3 Å². The lowest BCUT2D eigenvalue weighted by atomic mass is 9.78. The van der Waals surface area contributed by atoms with E-state index in [4.69, 9.17) is 0 Å². The largest absolute Gasteiger partial charge is 0.353 e. The standard InChI is InChI=1S/C25H32FN3O/c1-4-6-20(28-24(30)5-2)13-17-7-8-18-14-23-22(16(3)25(17)18)15-27-29(23)21-11-9-19(26)10-12-21/h9-12,15-17,20H,4-8,13-14H2,1-3H3,(H,28,30)/t16-,17+,20?/m0/s1. The predicted octanol–water partition coefficient (Wildman–Crippen LogP) is 5.46. The highest BCUT2D eigenvalue weighted by molar-refractivity contribution is 5.75. The zero-order chi connectivity index (χ0) is 21.3. The number of halogens is 1. The Morgan fingerprint density at radius 2 is 2.07 bits per heavy atom. The molecule has 2 aliphatic carbocycles. The highest BCUT2D eigenvalue weighted by Crippen LogP contribution is 2.48. The van der Waals surface area contributed by atoms with Crippen molar-refractivity contribution in [3.05, 3.63) is 58.7 Å². The van der Waals surface area contributed by atoms with Crippen molar-refractivity contribution in [1.29, 1.82) is 0 Å². The highest BCUT2D eigenvalue weighted by atomic mass is 19.1. The molecule has 2 aliphatic rings. The molecule has 160 valence electrons. The molecule has 2 aromatic rings. The van der Waals surface area contributed by atoms with Gasteiger partial charge in [0.15, 0.2) is 0 Å². The molecule has 4 nitrogen and oxygen atoms in total. The van der Waals surface area contributed by atoms with E-state index in [0.29, 0.717) is 18.3 Å². The van der Waals surface area contributed by atoms with Gasteiger partial charge in [0.2, 0.25) is 5.91 Å². The third-order valence-electron chi connectivity index (χ3n) is 6.82. The summed E-state index contributed by atoms with van der Waals surface area (Å²) in [6, 6.07) is 6.82. The maximum Gasteiger partial charge on any atom is 0.219 e. The number of aromatic nitrogens is 2. The van der Waals surface area contributed by atoms with Gasteiger partial charge in [-0.3, -0.25) is 4.79 Å². The molecular weight excluding hydrogens is 377 g/mol. The number of nitrogens with one attached hydrogen (secondary N) is 1. The van der Waals surface area contributed by atoms with Crippen molar-refractivity contribution in [2.24, 2.45) is 5.92 Å². The molecule has 1 N–H and O–H groups in total. The second kappa shape index (κ2) is 8.75. The first-order valence-corrected chi connectivity index (χ1v) is 11.4. The molecule has 1 aromatic heterocycles. The zero-order valence-corrected chi connectivity index (χ0v) is 18.2. The van der Waals surface area contributed by atoms with Crippen LogP contribution in [0.2, 0.25) is 0 Å². The van der Waals surface area contributed by atoms with E-state index in [9.17, 15) is 9.18 Å². The Bertz CT molecular complexity index is 944. The van der Waals surface area contributed by atoms with E-state index >= 15 is 0 Å². The van der Waals surface area contributed by atoms with E-state index in [0.717, 1.165) is 37.8 Å². The second-order valence-corrected chi connectivity index (χ2v) is 8.77. The first-order valence-electron chi connectivity index (χ1n) is 11.4. The van der Waals surface area contributed by atoms with Gasteiger partial charge in [-0.15, -0.1) is 0 Å². The van der Waals surface area contributed by atoms with E-state index in [1.807, 2.05) is 17.8 Å². The number of hydrogen-bond acceptors (Lipinski definition) is 2. The lowest BCUT2D eigenvalue weighted by molar-refractivity contribution is -0.121. The van der Waals surface area contributed by atoms with Crippen molar-refractivity contribution in [3.63, 3.8) is 0 Å². The Morgan fingerprint density at radius 1 is 1.30 bits per heavy atom. The van der Waals surface area contributed by atoms with Crippen molar-refractivity contribution >= 4 is 5.91 Å². The average molecular weight is 410 g/mol. The Labute approximate surface area is 178 Å². The van der Waals surface area contributed by atoms with Gasteiger partial charge in [-0.25, -0.2) is 9.07 Å². The summed E-state index contributed by atoms with van der Waals surface area (Å²) in [6.45, 7) is 6.39. The molecule has 1 heterocycles. The number of amides is 1. The van der Waals surface area contributed by atoms with Crippen LogP contribution in [0, 0.1) is 11.7 Å². The minimum absolute atomic E-state index is 0.153. The van der Waals surface area contributed by atoms with Crippen LogP contribution < -0.4 is 5.32 Å². The topological polar surface area (TPSA) is 46.9 Å². The van der Waals surface area contributed by atoms with E-state index < -0.39 is 0 Å². The van der Waals surface area contributed by atoms with Gasteiger partial charge < -0.3 is 5.32 Å². The molecule has 3 atom stereocenters. The van der Waals surface area contributed by atoms with Crippen LogP contribution in [0.3, 0.4) is 0 Å². The van der Waals surface area contributed by atoms with Crippen LogP contribution in [0.1, 0.15) is 76.5 Å². The number of benzene rings is 1. The number of carbonyl (C=O) groups excluding carboxylic acids is 1. The van der Waals surface area contributed by atoms with Gasteiger partial charge in [0.05, 0.1) is 17.6 Å². The lowest BCUT2D eigenvalue weighted by Gasteiger charge is -2.29. The molecule has 30 heavy (non-hydrogen) atoms. The van der Waals surface area contributed by atoms with Crippen molar-refractivity contribution in [3.8, 4) is 5.69 Å². The quantitative estimate of drug-likeness (QED) is 0.617. The van der Waals surface area contributed by atoms with Crippen molar-refractivity contribution in [2.45, 2.75) is 77.7 Å². The molecule has 0 fully saturated rings. The number of hydrogen-bond donors (Lipinski definition) is 1. The molecule has 5 heteroatoms. The van der Waals surface area contributed by atoms with E-state index in [2.05, 4.69) is 24.3 Å². The molecule has 0 saturated heterocycles. The smallest absolute Gasteiger partial charge is 0.219 e. The second-order valence-electron chi connectivity index (χ2n) is 8.77. The maximum atomic E-state index is 13.3. The summed E-state index contributed by atoms with van der Waals surface area (Å²) in [6.07, 6.45) is 8.90. The fourth-order valence-corrected chi connectivity index (χ4v) is 5.40. The monoisotopic (exact) mass is 409 g/mol. The SMILES string of the molecule is CCCC(C[C@H]1CCC2=C1[C@@H](C)c1cnn(-c3ccc(F)cc3)c1C2)NC(=O)CC. The molecular formula is C25H32FN3O. The number of rotatable bonds is 7. The molecule has 0 spiro atoms. The fourth-order valence-electron chi connectivity index (χ4n) is 5.40. The van der Waals surface area contributed by atoms with Crippen LogP contribution in [0.5, 0.6) is 0 Å². The molecule has 0 saturated carbocycles. The van der Waals surface area contributed by atoms with E-state index in [-0.39, 0.29) is 17.8 Å². The molecule has 0 aliphatic heterocycles. The van der Waals surface area contributed by atoms with Gasteiger partial charge in [0.1, 0.15) is 5.82 Å². The van der Waals surface area contributed by atoms with Crippen LogP contribution in [0.4, 0.5) is 4.39 Å². The lowest BCUT2D eigenvalue weighted by Crippen LogP contribution is -2.36. The molecule has 0 bridgehead atoms. The van der Waals surface area contributed by atoms with Gasteiger partial charge in [0, 0.05) is 30.4 Å².